The van der Waals surface area contributed by atoms with Gasteiger partial charge in [0.15, 0.2) is 0 Å². The molecule has 0 aromatic rings. The van der Waals surface area contributed by atoms with Crippen molar-refractivity contribution in [3.63, 3.8) is 0 Å². The van der Waals surface area contributed by atoms with Crippen molar-refractivity contribution < 1.29 is 8.78 Å². The minimum absolute atomic E-state index is 0.331. The van der Waals surface area contributed by atoms with Crippen LogP contribution in [0.25, 0.3) is 0 Å². The molecule has 3 heteroatoms. The van der Waals surface area contributed by atoms with E-state index >= 15 is 0 Å². The summed E-state index contributed by atoms with van der Waals surface area (Å²) in [7, 11) is 0. The quantitative estimate of drug-likeness (QED) is 0.683. The van der Waals surface area contributed by atoms with Gasteiger partial charge >= 0.3 is 0 Å². The summed E-state index contributed by atoms with van der Waals surface area (Å²) in [4.78, 5) is 0. The van der Waals surface area contributed by atoms with Crippen LogP contribution >= 0.6 is 0 Å². The average Bonchev–Trinajstić information content (AvgIpc) is 2.51. The van der Waals surface area contributed by atoms with Crippen LogP contribution in [-0.4, -0.2) is 12.5 Å². The van der Waals surface area contributed by atoms with E-state index in [4.69, 9.17) is 5.73 Å². The summed E-state index contributed by atoms with van der Waals surface area (Å²) in [6.07, 6.45) is 3.87. The van der Waals surface area contributed by atoms with Gasteiger partial charge in [-0.2, -0.15) is 0 Å². The first-order valence-corrected chi connectivity index (χ1v) is 4.73. The molecule has 1 nitrogen and oxygen atoms in total. The largest absolute Gasteiger partial charge is 0.330 e. The summed E-state index contributed by atoms with van der Waals surface area (Å²) >= 11 is 0. The van der Waals surface area contributed by atoms with Crippen LogP contribution in [0.3, 0.4) is 0 Å². The molecule has 0 aliphatic heterocycles. The maximum atomic E-state index is 13.3. The molecule has 2 aliphatic rings. The Morgan fingerprint density at radius 2 is 2.08 bits per heavy atom. The molecular formula is C9H15F2N. The van der Waals surface area contributed by atoms with Gasteiger partial charge in [0.05, 0.1) is 0 Å². The summed E-state index contributed by atoms with van der Waals surface area (Å²) in [6, 6.07) is 0. The van der Waals surface area contributed by atoms with E-state index in [1.807, 2.05) is 0 Å². The molecule has 2 aliphatic carbocycles. The van der Waals surface area contributed by atoms with Crippen LogP contribution < -0.4 is 5.73 Å². The van der Waals surface area contributed by atoms with E-state index in [0.29, 0.717) is 25.8 Å². The zero-order valence-electron chi connectivity index (χ0n) is 7.15. The third-order valence-corrected chi connectivity index (χ3v) is 3.64. The van der Waals surface area contributed by atoms with Crippen LogP contribution in [0.5, 0.6) is 0 Å². The standard InChI is InChI=1S/C9H15F2N/c10-9(11)7-3-1-2-4-8(7,9)5-6-12/h7H,1-6,12H2/t7-,8-/m0/s1. The van der Waals surface area contributed by atoms with E-state index < -0.39 is 11.3 Å². The molecular weight excluding hydrogens is 160 g/mol. The summed E-state index contributed by atoms with van der Waals surface area (Å²) in [5, 5.41) is 0. The summed E-state index contributed by atoms with van der Waals surface area (Å²) in [6.45, 7) is 0.409. The maximum absolute atomic E-state index is 13.3. The maximum Gasteiger partial charge on any atom is 0.257 e. The van der Waals surface area contributed by atoms with Gasteiger partial charge in [0.25, 0.3) is 5.92 Å². The van der Waals surface area contributed by atoms with E-state index in [9.17, 15) is 8.78 Å². The SMILES string of the molecule is NCC[C@@]12CCCC[C@@H]1C2(F)F. The van der Waals surface area contributed by atoms with Gasteiger partial charge in [-0.1, -0.05) is 12.8 Å². The third kappa shape index (κ3) is 0.804. The van der Waals surface area contributed by atoms with E-state index in [2.05, 4.69) is 0 Å². The summed E-state index contributed by atoms with van der Waals surface area (Å²) in [5.41, 5.74) is 4.69. The molecule has 70 valence electrons. The molecule has 2 N–H and O–H groups in total. The molecule has 2 rings (SSSR count). The fraction of sp³-hybridized carbons (Fsp3) is 1.00. The highest BCUT2D eigenvalue weighted by Gasteiger charge is 2.78. The lowest BCUT2D eigenvalue weighted by Crippen LogP contribution is -2.18. The van der Waals surface area contributed by atoms with Gasteiger partial charge in [0.2, 0.25) is 0 Å². The highest BCUT2D eigenvalue weighted by molar-refractivity contribution is 5.18. The second kappa shape index (κ2) is 2.41. The van der Waals surface area contributed by atoms with Crippen molar-refractivity contribution in [3.05, 3.63) is 0 Å². The van der Waals surface area contributed by atoms with Crippen molar-refractivity contribution >= 4 is 0 Å². The number of alkyl halides is 2. The van der Waals surface area contributed by atoms with Crippen molar-refractivity contribution in [1.29, 1.82) is 0 Å². The van der Waals surface area contributed by atoms with E-state index in [0.717, 1.165) is 12.8 Å². The monoisotopic (exact) mass is 175 g/mol. The lowest BCUT2D eigenvalue weighted by Gasteiger charge is -2.18. The lowest BCUT2D eigenvalue weighted by molar-refractivity contribution is 0.0542. The van der Waals surface area contributed by atoms with Gasteiger partial charge in [-0.3, -0.25) is 0 Å². The molecule has 2 atom stereocenters. The number of nitrogens with two attached hydrogens (primary N) is 1. The number of rotatable bonds is 2. The Balaban J connectivity index is 2.13. The molecule has 12 heavy (non-hydrogen) atoms. The van der Waals surface area contributed by atoms with Crippen LogP contribution in [-0.2, 0) is 0 Å². The minimum Gasteiger partial charge on any atom is -0.330 e. The van der Waals surface area contributed by atoms with Crippen molar-refractivity contribution in [3.8, 4) is 0 Å². The second-order valence-electron chi connectivity index (χ2n) is 4.12. The van der Waals surface area contributed by atoms with Crippen molar-refractivity contribution in [1.82, 2.24) is 0 Å². The Kier molecular flexibility index (Phi) is 1.69. The van der Waals surface area contributed by atoms with E-state index in [1.165, 1.54) is 0 Å². The predicted octanol–water partition coefficient (Wildman–Crippen LogP) is 2.16. The number of fused-ring (bicyclic) bond motifs is 1. The van der Waals surface area contributed by atoms with Crippen LogP contribution in [0.2, 0.25) is 0 Å². The van der Waals surface area contributed by atoms with Crippen molar-refractivity contribution in [2.75, 3.05) is 6.54 Å². The topological polar surface area (TPSA) is 26.0 Å². The Morgan fingerprint density at radius 1 is 1.33 bits per heavy atom. The van der Waals surface area contributed by atoms with Gasteiger partial charge in [-0.25, -0.2) is 8.78 Å². The van der Waals surface area contributed by atoms with E-state index in [-0.39, 0.29) is 5.92 Å². The molecule has 0 radical (unpaired) electrons. The highest BCUT2D eigenvalue weighted by atomic mass is 19.3. The first kappa shape index (κ1) is 8.42. The molecule has 0 heterocycles. The first-order valence-electron chi connectivity index (χ1n) is 4.73. The normalized spacial score (nSPS) is 43.8. The van der Waals surface area contributed by atoms with Crippen LogP contribution in [0.4, 0.5) is 8.78 Å². The molecule has 0 unspecified atom stereocenters. The molecule has 0 aromatic carbocycles. The van der Waals surface area contributed by atoms with Crippen molar-refractivity contribution in [2.24, 2.45) is 17.1 Å². The zero-order valence-corrected chi connectivity index (χ0v) is 7.15. The Hall–Kier alpha value is -0.180. The number of hydrogen-bond donors (Lipinski definition) is 1. The molecule has 0 saturated heterocycles. The molecule has 0 amide bonds. The molecule has 0 bridgehead atoms. The van der Waals surface area contributed by atoms with E-state index in [1.54, 1.807) is 0 Å². The average molecular weight is 175 g/mol. The Bertz CT molecular complexity index is 189. The fourth-order valence-corrected chi connectivity index (χ4v) is 2.90. The van der Waals surface area contributed by atoms with Gasteiger partial charge in [-0.05, 0) is 25.8 Å². The van der Waals surface area contributed by atoms with Gasteiger partial charge < -0.3 is 5.73 Å². The van der Waals surface area contributed by atoms with Crippen LogP contribution in [0.15, 0.2) is 0 Å². The van der Waals surface area contributed by atoms with Crippen LogP contribution in [0.1, 0.15) is 32.1 Å². The third-order valence-electron chi connectivity index (χ3n) is 3.64. The Labute approximate surface area is 71.3 Å². The minimum atomic E-state index is -2.39. The highest BCUT2D eigenvalue weighted by Crippen LogP contribution is 2.73. The lowest BCUT2D eigenvalue weighted by atomic mass is 9.86. The number of halogens is 2. The van der Waals surface area contributed by atoms with Crippen LogP contribution in [0, 0.1) is 11.3 Å². The molecule has 2 saturated carbocycles. The molecule has 0 spiro atoms. The number of hydrogen-bond acceptors (Lipinski definition) is 1. The first-order chi connectivity index (χ1) is 5.65. The molecule has 2 fully saturated rings. The van der Waals surface area contributed by atoms with Crippen molar-refractivity contribution in [2.45, 2.75) is 38.0 Å². The van der Waals surface area contributed by atoms with Gasteiger partial charge in [-0.15, -0.1) is 0 Å². The Morgan fingerprint density at radius 3 is 2.67 bits per heavy atom. The second-order valence-corrected chi connectivity index (χ2v) is 4.12. The van der Waals surface area contributed by atoms with Gasteiger partial charge in [0.1, 0.15) is 0 Å². The molecule has 0 aromatic heterocycles. The summed E-state index contributed by atoms with van der Waals surface area (Å²) < 4.78 is 26.6. The van der Waals surface area contributed by atoms with Gasteiger partial charge in [0, 0.05) is 11.3 Å². The predicted molar refractivity (Wildman–Crippen MR) is 43.0 cm³/mol. The zero-order chi connectivity index (χ0) is 8.82. The summed E-state index contributed by atoms with van der Waals surface area (Å²) in [5.74, 6) is -2.72. The fourth-order valence-electron chi connectivity index (χ4n) is 2.90. The smallest absolute Gasteiger partial charge is 0.257 e.